The lowest BCUT2D eigenvalue weighted by atomic mass is 9.86. The fourth-order valence-electron chi connectivity index (χ4n) is 2.48. The van der Waals surface area contributed by atoms with Gasteiger partial charge in [-0.3, -0.25) is 9.58 Å². The average molecular weight is 239 g/mol. The summed E-state index contributed by atoms with van der Waals surface area (Å²) in [7, 11) is 1.89. The largest absolute Gasteiger partial charge is 0.321 e. The summed E-state index contributed by atoms with van der Waals surface area (Å²) >= 11 is 0. The van der Waals surface area contributed by atoms with E-state index in [2.05, 4.69) is 42.9 Å². The second kappa shape index (κ2) is 5.60. The number of nitrogens with zero attached hydrogens (tertiary/aromatic N) is 4. The predicted molar refractivity (Wildman–Crippen MR) is 69.5 cm³/mol. The molecule has 1 aromatic rings. The van der Waals surface area contributed by atoms with Gasteiger partial charge >= 0.3 is 0 Å². The van der Waals surface area contributed by atoms with Crippen LogP contribution in [0.25, 0.3) is 0 Å². The molecule has 0 aliphatic carbocycles. The van der Waals surface area contributed by atoms with Crippen molar-refractivity contribution in [3.05, 3.63) is 11.9 Å². The maximum atomic E-state index is 6.44. The highest BCUT2D eigenvalue weighted by Crippen LogP contribution is 2.31. The van der Waals surface area contributed by atoms with E-state index in [0.717, 1.165) is 25.2 Å². The number of hydrogen-bond donors (Lipinski definition) is 1. The van der Waals surface area contributed by atoms with Gasteiger partial charge < -0.3 is 5.73 Å². The fourth-order valence-corrected chi connectivity index (χ4v) is 2.48. The van der Waals surface area contributed by atoms with Gasteiger partial charge in [-0.25, -0.2) is 0 Å². The summed E-state index contributed by atoms with van der Waals surface area (Å²) in [4.78, 5) is 2.41. The van der Waals surface area contributed by atoms with Crippen molar-refractivity contribution in [2.75, 3.05) is 13.1 Å². The maximum absolute atomic E-state index is 6.44. The molecule has 0 radical (unpaired) electrons. The molecule has 5 nitrogen and oxygen atoms in total. The molecule has 0 aliphatic heterocycles. The molecule has 2 atom stereocenters. The van der Waals surface area contributed by atoms with Crippen LogP contribution < -0.4 is 5.73 Å². The summed E-state index contributed by atoms with van der Waals surface area (Å²) in [6.45, 7) is 10.7. The standard InChI is InChI=1S/C12H25N5/c1-6-12(4,17(7-2)8-3)11(13)10-9-14-15-16(10)5/h9,11H,6-8,13H2,1-5H3. The summed E-state index contributed by atoms with van der Waals surface area (Å²) in [6, 6.07) is -0.0765. The molecule has 1 aromatic heterocycles. The first-order chi connectivity index (χ1) is 8.01. The first-order valence-electron chi connectivity index (χ1n) is 6.36. The van der Waals surface area contributed by atoms with E-state index in [1.807, 2.05) is 7.05 Å². The lowest BCUT2D eigenvalue weighted by Crippen LogP contribution is -2.53. The Morgan fingerprint density at radius 2 is 2.00 bits per heavy atom. The molecule has 0 saturated heterocycles. The molecule has 0 amide bonds. The van der Waals surface area contributed by atoms with Gasteiger partial charge in [-0.05, 0) is 26.4 Å². The monoisotopic (exact) mass is 239 g/mol. The van der Waals surface area contributed by atoms with Crippen molar-refractivity contribution >= 4 is 0 Å². The van der Waals surface area contributed by atoms with Crippen LogP contribution in [0.1, 0.15) is 45.9 Å². The molecule has 0 bridgehead atoms. The minimum absolute atomic E-state index is 0.0566. The molecule has 17 heavy (non-hydrogen) atoms. The summed E-state index contributed by atoms with van der Waals surface area (Å²) in [5, 5.41) is 7.88. The van der Waals surface area contributed by atoms with Gasteiger partial charge in [0.05, 0.1) is 17.9 Å². The van der Waals surface area contributed by atoms with Crippen LogP contribution in [0.5, 0.6) is 0 Å². The van der Waals surface area contributed by atoms with Crippen LogP contribution in [0.15, 0.2) is 6.20 Å². The smallest absolute Gasteiger partial charge is 0.0769 e. The molecule has 0 aliphatic rings. The van der Waals surface area contributed by atoms with Crippen molar-refractivity contribution < 1.29 is 0 Å². The van der Waals surface area contributed by atoms with E-state index in [0.29, 0.717) is 0 Å². The molecule has 0 saturated carbocycles. The van der Waals surface area contributed by atoms with Crippen molar-refractivity contribution in [1.82, 2.24) is 19.9 Å². The van der Waals surface area contributed by atoms with E-state index in [1.165, 1.54) is 0 Å². The highest BCUT2D eigenvalue weighted by Gasteiger charge is 2.37. The van der Waals surface area contributed by atoms with Crippen molar-refractivity contribution in [3.8, 4) is 0 Å². The first kappa shape index (κ1) is 14.1. The lowest BCUT2D eigenvalue weighted by Gasteiger charge is -2.43. The molecule has 0 spiro atoms. The lowest BCUT2D eigenvalue weighted by molar-refractivity contribution is 0.0817. The topological polar surface area (TPSA) is 60.0 Å². The number of aryl methyl sites for hydroxylation is 1. The Labute approximate surface area is 104 Å². The van der Waals surface area contributed by atoms with Crippen molar-refractivity contribution in [2.45, 2.75) is 45.7 Å². The number of nitrogens with two attached hydrogens (primary N) is 1. The van der Waals surface area contributed by atoms with E-state index in [-0.39, 0.29) is 11.6 Å². The minimum atomic E-state index is -0.0765. The Kier molecular flexibility index (Phi) is 4.65. The molecule has 1 heterocycles. The molecule has 2 N–H and O–H groups in total. The molecule has 98 valence electrons. The van der Waals surface area contributed by atoms with Gasteiger partial charge in [-0.1, -0.05) is 26.0 Å². The van der Waals surface area contributed by atoms with Crippen LogP contribution in [0, 0.1) is 0 Å². The normalized spacial score (nSPS) is 17.1. The van der Waals surface area contributed by atoms with Crippen molar-refractivity contribution in [1.29, 1.82) is 0 Å². The highest BCUT2D eigenvalue weighted by atomic mass is 15.4. The fraction of sp³-hybridized carbons (Fsp3) is 0.833. The van der Waals surface area contributed by atoms with E-state index < -0.39 is 0 Å². The molecule has 5 heteroatoms. The minimum Gasteiger partial charge on any atom is -0.321 e. The summed E-state index contributed by atoms with van der Waals surface area (Å²) in [6.07, 6.45) is 2.77. The van der Waals surface area contributed by atoms with E-state index in [9.17, 15) is 0 Å². The van der Waals surface area contributed by atoms with E-state index in [4.69, 9.17) is 5.73 Å². The number of aromatic nitrogens is 3. The van der Waals surface area contributed by atoms with Gasteiger partial charge in [0.1, 0.15) is 0 Å². The molecular formula is C12H25N5. The third-order valence-electron chi connectivity index (χ3n) is 3.94. The zero-order chi connectivity index (χ0) is 13.1. The van der Waals surface area contributed by atoms with Crippen molar-refractivity contribution in [3.63, 3.8) is 0 Å². The average Bonchev–Trinajstić information content (AvgIpc) is 2.75. The van der Waals surface area contributed by atoms with Crippen LogP contribution in [0.4, 0.5) is 0 Å². The van der Waals surface area contributed by atoms with Crippen LogP contribution in [0.3, 0.4) is 0 Å². The van der Waals surface area contributed by atoms with Gasteiger partial charge in [-0.2, -0.15) is 0 Å². The molecular weight excluding hydrogens is 214 g/mol. The Balaban J connectivity index is 3.04. The van der Waals surface area contributed by atoms with Gasteiger partial charge in [0.2, 0.25) is 0 Å². The summed E-state index contributed by atoms with van der Waals surface area (Å²) in [5.41, 5.74) is 7.37. The Morgan fingerprint density at radius 1 is 1.41 bits per heavy atom. The highest BCUT2D eigenvalue weighted by molar-refractivity contribution is 5.10. The summed E-state index contributed by atoms with van der Waals surface area (Å²) < 4.78 is 1.77. The third kappa shape index (κ3) is 2.50. The quantitative estimate of drug-likeness (QED) is 0.813. The van der Waals surface area contributed by atoms with Crippen LogP contribution in [-0.4, -0.2) is 38.5 Å². The van der Waals surface area contributed by atoms with Gasteiger partial charge in [-0.15, -0.1) is 5.10 Å². The van der Waals surface area contributed by atoms with E-state index >= 15 is 0 Å². The first-order valence-corrected chi connectivity index (χ1v) is 6.36. The molecule has 0 fully saturated rings. The number of rotatable bonds is 6. The second-order valence-electron chi connectivity index (χ2n) is 4.64. The molecule has 1 rings (SSSR count). The SMILES string of the molecule is CCN(CC)C(C)(CC)C(N)c1cnnn1C. The number of hydrogen-bond acceptors (Lipinski definition) is 4. The molecule has 2 unspecified atom stereocenters. The van der Waals surface area contributed by atoms with E-state index in [1.54, 1.807) is 10.9 Å². The zero-order valence-corrected chi connectivity index (χ0v) is 11.6. The Morgan fingerprint density at radius 3 is 2.35 bits per heavy atom. The van der Waals surface area contributed by atoms with Gasteiger partial charge in [0, 0.05) is 12.6 Å². The van der Waals surface area contributed by atoms with Crippen molar-refractivity contribution in [2.24, 2.45) is 12.8 Å². The third-order valence-corrected chi connectivity index (χ3v) is 3.94. The van der Waals surface area contributed by atoms with Crippen LogP contribution in [-0.2, 0) is 7.05 Å². The van der Waals surface area contributed by atoms with Crippen LogP contribution >= 0.6 is 0 Å². The Bertz CT molecular complexity index is 344. The number of likely N-dealkylation sites (N-methyl/N-ethyl adjacent to an activating group) is 1. The molecule has 0 aromatic carbocycles. The summed E-state index contributed by atoms with van der Waals surface area (Å²) in [5.74, 6) is 0. The van der Waals surface area contributed by atoms with Crippen LogP contribution in [0.2, 0.25) is 0 Å². The van der Waals surface area contributed by atoms with Gasteiger partial charge in [0.25, 0.3) is 0 Å². The Hall–Kier alpha value is -0.940. The zero-order valence-electron chi connectivity index (χ0n) is 11.6. The van der Waals surface area contributed by atoms with Gasteiger partial charge in [0.15, 0.2) is 0 Å². The maximum Gasteiger partial charge on any atom is 0.0769 e. The predicted octanol–water partition coefficient (Wildman–Crippen LogP) is 1.33. The second-order valence-corrected chi connectivity index (χ2v) is 4.64.